The van der Waals surface area contributed by atoms with E-state index >= 15 is 0 Å². The third-order valence-electron chi connectivity index (χ3n) is 4.61. The number of carbonyl (C=O) groups excluding carboxylic acids is 2. The zero-order valence-corrected chi connectivity index (χ0v) is 13.4. The molecule has 1 aliphatic rings. The number of allylic oxidation sites excluding steroid dienone is 2. The first-order chi connectivity index (χ1) is 11.0. The lowest BCUT2D eigenvalue weighted by Crippen LogP contribution is -2.23. The summed E-state index contributed by atoms with van der Waals surface area (Å²) in [5, 5.41) is 12.5. The number of fused-ring (bicyclic) bond motifs is 1. The molecule has 0 radical (unpaired) electrons. The maximum Gasteiger partial charge on any atom is 0.170 e. The Bertz CT molecular complexity index is 830. The smallest absolute Gasteiger partial charge is 0.170 e. The minimum atomic E-state index is -0.263. The van der Waals surface area contributed by atoms with Crippen molar-refractivity contribution in [1.82, 2.24) is 0 Å². The minimum Gasteiger partial charge on any atom is -0.511 e. The number of ketones is 2. The molecule has 3 nitrogen and oxygen atoms in total. The van der Waals surface area contributed by atoms with E-state index in [0.717, 1.165) is 21.9 Å². The van der Waals surface area contributed by atoms with Crippen molar-refractivity contribution < 1.29 is 14.7 Å². The Labute approximate surface area is 135 Å². The van der Waals surface area contributed by atoms with E-state index in [9.17, 15) is 14.7 Å². The first-order valence-corrected chi connectivity index (χ1v) is 7.99. The Kier molecular flexibility index (Phi) is 4.03. The largest absolute Gasteiger partial charge is 0.511 e. The highest BCUT2D eigenvalue weighted by Gasteiger charge is 2.32. The maximum absolute atomic E-state index is 12.3. The van der Waals surface area contributed by atoms with Crippen LogP contribution in [-0.4, -0.2) is 16.7 Å². The van der Waals surface area contributed by atoms with Gasteiger partial charge in [0.25, 0.3) is 0 Å². The predicted octanol–water partition coefficient (Wildman–Crippen LogP) is 4.39. The van der Waals surface area contributed by atoms with E-state index in [1.807, 2.05) is 25.1 Å². The van der Waals surface area contributed by atoms with Gasteiger partial charge in [0.1, 0.15) is 5.76 Å². The summed E-state index contributed by atoms with van der Waals surface area (Å²) in [5.41, 5.74) is 2.20. The van der Waals surface area contributed by atoms with Crippen molar-refractivity contribution in [3.05, 3.63) is 58.9 Å². The van der Waals surface area contributed by atoms with Crippen LogP contribution in [-0.2, 0) is 9.59 Å². The molecule has 3 heteroatoms. The number of hydrogen-bond donors (Lipinski definition) is 1. The number of benzene rings is 2. The molecule has 0 saturated heterocycles. The van der Waals surface area contributed by atoms with Gasteiger partial charge in [0.05, 0.1) is 5.57 Å². The van der Waals surface area contributed by atoms with Crippen molar-refractivity contribution in [2.24, 2.45) is 0 Å². The maximum atomic E-state index is 12.3. The van der Waals surface area contributed by atoms with Crippen molar-refractivity contribution in [1.29, 1.82) is 0 Å². The fraction of sp³-hybridized carbons (Fsp3) is 0.300. The quantitative estimate of drug-likeness (QED) is 0.856. The number of carbonyl (C=O) groups is 2. The molecule has 0 spiro atoms. The molecule has 0 heterocycles. The summed E-state index contributed by atoms with van der Waals surface area (Å²) in [6.45, 7) is 3.73. The molecule has 0 fully saturated rings. The third kappa shape index (κ3) is 2.79. The summed E-state index contributed by atoms with van der Waals surface area (Å²) < 4.78 is 0. The molecule has 1 aliphatic carbocycles. The summed E-state index contributed by atoms with van der Waals surface area (Å²) in [7, 11) is 0. The highest BCUT2D eigenvalue weighted by Crippen LogP contribution is 2.37. The van der Waals surface area contributed by atoms with E-state index in [-0.39, 0.29) is 41.7 Å². The summed E-state index contributed by atoms with van der Waals surface area (Å²) >= 11 is 0. The average molecular weight is 308 g/mol. The first kappa shape index (κ1) is 15.5. The van der Waals surface area contributed by atoms with Crippen LogP contribution in [0.3, 0.4) is 0 Å². The van der Waals surface area contributed by atoms with Gasteiger partial charge >= 0.3 is 0 Å². The van der Waals surface area contributed by atoms with Crippen molar-refractivity contribution >= 4 is 22.3 Å². The van der Waals surface area contributed by atoms with Crippen LogP contribution in [0.2, 0.25) is 0 Å². The van der Waals surface area contributed by atoms with Crippen molar-refractivity contribution in [3.63, 3.8) is 0 Å². The molecule has 1 atom stereocenters. The van der Waals surface area contributed by atoms with Crippen LogP contribution in [0.25, 0.3) is 10.8 Å². The zero-order chi connectivity index (χ0) is 16.6. The second kappa shape index (κ2) is 5.99. The van der Waals surface area contributed by atoms with Gasteiger partial charge in [0.2, 0.25) is 0 Å². The molecule has 118 valence electrons. The molecular formula is C20H20O3. The van der Waals surface area contributed by atoms with Crippen LogP contribution in [0, 0.1) is 6.92 Å². The van der Waals surface area contributed by atoms with Gasteiger partial charge in [0.15, 0.2) is 11.6 Å². The fourth-order valence-electron chi connectivity index (χ4n) is 3.42. The Morgan fingerprint density at radius 2 is 1.83 bits per heavy atom. The molecule has 1 N–H and O–H groups in total. The van der Waals surface area contributed by atoms with Crippen molar-refractivity contribution in [2.45, 2.75) is 39.0 Å². The molecule has 0 aromatic heterocycles. The minimum absolute atomic E-state index is 0.0159. The molecule has 0 bridgehead atoms. The highest BCUT2D eigenvalue weighted by molar-refractivity contribution is 6.21. The van der Waals surface area contributed by atoms with Gasteiger partial charge in [-0.05, 0) is 34.7 Å². The number of rotatable bonds is 3. The van der Waals surface area contributed by atoms with Gasteiger partial charge in [0, 0.05) is 19.3 Å². The summed E-state index contributed by atoms with van der Waals surface area (Å²) in [4.78, 5) is 24.2. The number of hydrogen-bond acceptors (Lipinski definition) is 3. The predicted molar refractivity (Wildman–Crippen MR) is 90.6 cm³/mol. The summed E-state index contributed by atoms with van der Waals surface area (Å²) in [6.07, 6.45) is 0.876. The van der Waals surface area contributed by atoms with Crippen LogP contribution in [0.1, 0.15) is 43.2 Å². The Morgan fingerprint density at radius 3 is 2.43 bits per heavy atom. The van der Waals surface area contributed by atoms with Crippen molar-refractivity contribution in [3.8, 4) is 0 Å². The molecule has 2 aromatic rings. The molecule has 23 heavy (non-hydrogen) atoms. The lowest BCUT2D eigenvalue weighted by atomic mass is 9.79. The second-order valence-corrected chi connectivity index (χ2v) is 6.18. The monoisotopic (exact) mass is 308 g/mol. The standard InChI is InChI=1S/C20H20O3/c1-3-17(21)20-18(22)10-15(11-19(20)23)16-9-14-7-5-4-6-13(14)8-12(16)2/h4-9,15,22H,3,10-11H2,1-2H3. The Balaban J connectivity index is 2.01. The van der Waals surface area contributed by atoms with Crippen LogP contribution < -0.4 is 0 Å². The third-order valence-corrected chi connectivity index (χ3v) is 4.61. The van der Waals surface area contributed by atoms with Gasteiger partial charge in [-0.1, -0.05) is 43.3 Å². The first-order valence-electron chi connectivity index (χ1n) is 7.99. The summed E-state index contributed by atoms with van der Waals surface area (Å²) in [6, 6.07) is 12.3. The fourth-order valence-corrected chi connectivity index (χ4v) is 3.42. The number of aliphatic hydroxyl groups excluding tert-OH is 1. The van der Waals surface area contributed by atoms with Gasteiger partial charge < -0.3 is 5.11 Å². The van der Waals surface area contributed by atoms with E-state index in [4.69, 9.17) is 0 Å². The Morgan fingerprint density at radius 1 is 1.17 bits per heavy atom. The van der Waals surface area contributed by atoms with Gasteiger partial charge in [-0.3, -0.25) is 9.59 Å². The Hall–Kier alpha value is -2.42. The van der Waals surface area contributed by atoms with Crippen LogP contribution in [0.4, 0.5) is 0 Å². The second-order valence-electron chi connectivity index (χ2n) is 6.18. The van der Waals surface area contributed by atoms with Crippen LogP contribution in [0.5, 0.6) is 0 Å². The lowest BCUT2D eigenvalue weighted by molar-refractivity contribution is -0.122. The number of aliphatic hydroxyl groups is 1. The van der Waals surface area contributed by atoms with Gasteiger partial charge in [-0.15, -0.1) is 0 Å². The highest BCUT2D eigenvalue weighted by atomic mass is 16.3. The van der Waals surface area contributed by atoms with Gasteiger partial charge in [-0.25, -0.2) is 0 Å². The van der Waals surface area contributed by atoms with E-state index in [1.165, 1.54) is 0 Å². The SMILES string of the molecule is CCC(=O)C1=C(O)CC(c2cc3ccccc3cc2C)CC1=O. The van der Waals surface area contributed by atoms with E-state index < -0.39 is 0 Å². The molecule has 2 aromatic carbocycles. The van der Waals surface area contributed by atoms with Gasteiger partial charge in [-0.2, -0.15) is 0 Å². The lowest BCUT2D eigenvalue weighted by Gasteiger charge is -2.25. The molecule has 0 amide bonds. The van der Waals surface area contributed by atoms with Crippen molar-refractivity contribution in [2.75, 3.05) is 0 Å². The normalized spacial score (nSPS) is 18.5. The molecule has 3 rings (SSSR count). The van der Waals surface area contributed by atoms with E-state index in [1.54, 1.807) is 6.92 Å². The summed E-state index contributed by atoms with van der Waals surface area (Å²) in [5.74, 6) is -0.620. The number of Topliss-reactive ketones (excluding diaryl/α,β-unsaturated/α-hetero) is 2. The average Bonchev–Trinajstić information content (AvgIpc) is 2.53. The molecule has 1 unspecified atom stereocenters. The van der Waals surface area contributed by atoms with Crippen LogP contribution in [0.15, 0.2) is 47.7 Å². The molecular weight excluding hydrogens is 288 g/mol. The molecule has 0 aliphatic heterocycles. The van der Waals surface area contributed by atoms with E-state index in [0.29, 0.717) is 6.42 Å². The van der Waals surface area contributed by atoms with Crippen LogP contribution >= 0.6 is 0 Å². The molecule has 0 saturated carbocycles. The number of aryl methyl sites for hydroxylation is 1. The van der Waals surface area contributed by atoms with E-state index in [2.05, 4.69) is 18.2 Å². The zero-order valence-electron chi connectivity index (χ0n) is 13.4. The topological polar surface area (TPSA) is 54.4 Å².